The van der Waals surface area contributed by atoms with Crippen molar-refractivity contribution >= 4 is 28.8 Å². The molecule has 1 aliphatic heterocycles. The molecule has 1 aromatic rings. The molecule has 6 heteroatoms. The lowest BCUT2D eigenvalue weighted by molar-refractivity contribution is -0.116. The van der Waals surface area contributed by atoms with Gasteiger partial charge in [0, 0.05) is 37.3 Å². The van der Waals surface area contributed by atoms with E-state index in [4.69, 9.17) is 18.0 Å². The molecule has 108 valence electrons. The van der Waals surface area contributed by atoms with Gasteiger partial charge in [0.2, 0.25) is 5.91 Å². The first-order valence-electron chi connectivity index (χ1n) is 6.65. The molecule has 20 heavy (non-hydrogen) atoms. The second kappa shape index (κ2) is 6.78. The van der Waals surface area contributed by atoms with Crippen LogP contribution in [0.1, 0.15) is 18.4 Å². The molecule has 5 nitrogen and oxygen atoms in total. The highest BCUT2D eigenvalue weighted by atomic mass is 32.1. The molecule has 4 N–H and O–H groups in total. The number of hydrogen-bond acceptors (Lipinski definition) is 4. The highest BCUT2D eigenvalue weighted by Crippen LogP contribution is 2.11. The minimum atomic E-state index is -0.245. The zero-order chi connectivity index (χ0) is 14.5. The van der Waals surface area contributed by atoms with Crippen molar-refractivity contribution in [3.05, 3.63) is 29.8 Å². The van der Waals surface area contributed by atoms with Crippen LogP contribution in [0.5, 0.6) is 0 Å². The van der Waals surface area contributed by atoms with Gasteiger partial charge in [-0.3, -0.25) is 4.79 Å². The third-order valence-corrected chi connectivity index (χ3v) is 3.59. The van der Waals surface area contributed by atoms with E-state index in [9.17, 15) is 9.90 Å². The van der Waals surface area contributed by atoms with E-state index in [1.807, 2.05) is 0 Å². The maximum absolute atomic E-state index is 11.8. The Morgan fingerprint density at radius 1 is 1.45 bits per heavy atom. The number of aliphatic hydroxyl groups is 1. The number of nitrogens with two attached hydrogens (primary N) is 1. The standard InChI is InChI=1S/C14H19N3O2S/c15-14(20)10-1-3-11(4-2-10)16-13(19)6-8-17-7-5-12(18)9-17/h1-4,12,18H,5-9H2,(H2,15,20)(H,16,19). The second-order valence-electron chi connectivity index (χ2n) is 4.98. The largest absolute Gasteiger partial charge is 0.392 e. The molecule has 1 aromatic carbocycles. The quantitative estimate of drug-likeness (QED) is 0.697. The number of hydrogen-bond donors (Lipinski definition) is 3. The number of aliphatic hydroxyl groups excluding tert-OH is 1. The Bertz CT molecular complexity index is 490. The number of nitrogens with one attached hydrogen (secondary N) is 1. The van der Waals surface area contributed by atoms with Gasteiger partial charge in [-0.25, -0.2) is 0 Å². The maximum Gasteiger partial charge on any atom is 0.225 e. The number of nitrogens with zero attached hydrogens (tertiary/aromatic N) is 1. The first kappa shape index (κ1) is 14.9. The van der Waals surface area contributed by atoms with Crippen LogP contribution >= 0.6 is 12.2 Å². The molecule has 1 aliphatic rings. The van der Waals surface area contributed by atoms with Crippen molar-refractivity contribution in [2.24, 2.45) is 5.73 Å². The van der Waals surface area contributed by atoms with Crippen molar-refractivity contribution in [2.75, 3.05) is 25.0 Å². The Morgan fingerprint density at radius 3 is 2.70 bits per heavy atom. The van der Waals surface area contributed by atoms with Crippen LogP contribution in [0.2, 0.25) is 0 Å². The lowest BCUT2D eigenvalue weighted by atomic mass is 10.2. The van der Waals surface area contributed by atoms with Gasteiger partial charge in [0.1, 0.15) is 4.99 Å². The van der Waals surface area contributed by atoms with Crippen molar-refractivity contribution in [1.82, 2.24) is 4.90 Å². The SMILES string of the molecule is NC(=S)c1ccc(NC(=O)CCN2CCC(O)C2)cc1. The topological polar surface area (TPSA) is 78.6 Å². The summed E-state index contributed by atoms with van der Waals surface area (Å²) >= 11 is 4.87. The Hall–Kier alpha value is -1.50. The molecular formula is C14H19N3O2S. The van der Waals surface area contributed by atoms with Crippen LogP contribution in [-0.4, -0.2) is 46.6 Å². The Morgan fingerprint density at radius 2 is 2.15 bits per heavy atom. The van der Waals surface area contributed by atoms with Gasteiger partial charge < -0.3 is 21.1 Å². The van der Waals surface area contributed by atoms with Crippen molar-refractivity contribution in [2.45, 2.75) is 18.9 Å². The van der Waals surface area contributed by atoms with Gasteiger partial charge in [0.25, 0.3) is 0 Å². The van der Waals surface area contributed by atoms with Gasteiger partial charge in [-0.2, -0.15) is 0 Å². The summed E-state index contributed by atoms with van der Waals surface area (Å²) in [5.74, 6) is -0.0329. The molecule has 1 heterocycles. The van der Waals surface area contributed by atoms with Crippen LogP contribution in [0, 0.1) is 0 Å². The van der Waals surface area contributed by atoms with E-state index in [2.05, 4.69) is 10.2 Å². The molecule has 2 rings (SSSR count). The monoisotopic (exact) mass is 293 g/mol. The highest BCUT2D eigenvalue weighted by molar-refractivity contribution is 7.80. The molecular weight excluding hydrogens is 274 g/mol. The molecule has 1 amide bonds. The smallest absolute Gasteiger partial charge is 0.225 e. The number of thiocarbonyl (C=S) groups is 1. The van der Waals surface area contributed by atoms with E-state index in [0.717, 1.165) is 24.2 Å². The first-order valence-corrected chi connectivity index (χ1v) is 7.05. The maximum atomic E-state index is 11.8. The van der Waals surface area contributed by atoms with E-state index < -0.39 is 0 Å². The van der Waals surface area contributed by atoms with Crippen LogP contribution in [0.3, 0.4) is 0 Å². The number of likely N-dealkylation sites (tertiary alicyclic amines) is 1. The molecule has 0 aromatic heterocycles. The molecule has 1 atom stereocenters. The number of benzene rings is 1. The fraction of sp³-hybridized carbons (Fsp3) is 0.429. The fourth-order valence-electron chi connectivity index (χ4n) is 2.22. The summed E-state index contributed by atoms with van der Waals surface area (Å²) < 4.78 is 0. The van der Waals surface area contributed by atoms with Crippen LogP contribution in [-0.2, 0) is 4.79 Å². The fourth-order valence-corrected chi connectivity index (χ4v) is 2.35. The summed E-state index contributed by atoms with van der Waals surface area (Å²) in [5, 5.41) is 12.2. The third-order valence-electron chi connectivity index (χ3n) is 3.36. The van der Waals surface area contributed by atoms with Crippen LogP contribution < -0.4 is 11.1 Å². The molecule has 0 radical (unpaired) electrons. The number of carbonyl (C=O) groups is 1. The van der Waals surface area contributed by atoms with Crippen LogP contribution in [0.15, 0.2) is 24.3 Å². The molecule has 1 saturated heterocycles. The van der Waals surface area contributed by atoms with Gasteiger partial charge in [-0.15, -0.1) is 0 Å². The highest BCUT2D eigenvalue weighted by Gasteiger charge is 2.20. The number of amides is 1. The number of β-amino-alcohol motifs (C(OH)–C–C–N with tert-alkyl or cyclic N) is 1. The second-order valence-corrected chi connectivity index (χ2v) is 5.42. The molecule has 1 fully saturated rings. The van der Waals surface area contributed by atoms with E-state index >= 15 is 0 Å². The lowest BCUT2D eigenvalue weighted by Gasteiger charge is -2.14. The lowest BCUT2D eigenvalue weighted by Crippen LogP contribution is -2.26. The molecule has 0 bridgehead atoms. The van der Waals surface area contributed by atoms with Gasteiger partial charge in [-0.05, 0) is 30.7 Å². The summed E-state index contributed by atoms with van der Waals surface area (Å²) in [6, 6.07) is 7.14. The molecule has 0 saturated carbocycles. The molecule has 0 spiro atoms. The van der Waals surface area contributed by atoms with Crippen molar-refractivity contribution < 1.29 is 9.90 Å². The minimum absolute atomic E-state index is 0.0329. The number of rotatable bonds is 5. The summed E-state index contributed by atoms with van der Waals surface area (Å²) in [6.07, 6.45) is 0.969. The van der Waals surface area contributed by atoms with Gasteiger partial charge >= 0.3 is 0 Å². The van der Waals surface area contributed by atoms with Crippen molar-refractivity contribution in [1.29, 1.82) is 0 Å². The average molecular weight is 293 g/mol. The zero-order valence-corrected chi connectivity index (χ0v) is 12.0. The number of carbonyl (C=O) groups excluding carboxylic acids is 1. The van der Waals surface area contributed by atoms with E-state index in [0.29, 0.717) is 24.5 Å². The normalized spacial score (nSPS) is 18.9. The van der Waals surface area contributed by atoms with Crippen molar-refractivity contribution in [3.8, 4) is 0 Å². The Balaban J connectivity index is 1.77. The summed E-state index contributed by atoms with van der Waals surface area (Å²) in [5.41, 5.74) is 7.03. The summed E-state index contributed by atoms with van der Waals surface area (Å²) in [6.45, 7) is 2.20. The Kier molecular flexibility index (Phi) is 5.05. The Labute approximate surface area is 123 Å². The molecule has 0 aliphatic carbocycles. The minimum Gasteiger partial charge on any atom is -0.392 e. The predicted octanol–water partition coefficient (Wildman–Crippen LogP) is 0.716. The van der Waals surface area contributed by atoms with E-state index in [-0.39, 0.29) is 12.0 Å². The van der Waals surface area contributed by atoms with Crippen LogP contribution in [0.4, 0.5) is 5.69 Å². The van der Waals surface area contributed by atoms with Gasteiger partial charge in [0.15, 0.2) is 0 Å². The summed E-state index contributed by atoms with van der Waals surface area (Å²) in [4.78, 5) is 14.3. The zero-order valence-electron chi connectivity index (χ0n) is 11.2. The van der Waals surface area contributed by atoms with Gasteiger partial charge in [0.05, 0.1) is 6.10 Å². The number of anilines is 1. The van der Waals surface area contributed by atoms with Crippen molar-refractivity contribution in [3.63, 3.8) is 0 Å². The van der Waals surface area contributed by atoms with Crippen LogP contribution in [0.25, 0.3) is 0 Å². The van der Waals surface area contributed by atoms with Gasteiger partial charge in [-0.1, -0.05) is 12.2 Å². The predicted molar refractivity (Wildman–Crippen MR) is 82.6 cm³/mol. The third kappa shape index (κ3) is 4.26. The molecule has 1 unspecified atom stereocenters. The first-order chi connectivity index (χ1) is 9.54. The van der Waals surface area contributed by atoms with E-state index in [1.165, 1.54) is 0 Å². The average Bonchev–Trinajstić information content (AvgIpc) is 2.83. The van der Waals surface area contributed by atoms with E-state index in [1.54, 1.807) is 24.3 Å². The summed E-state index contributed by atoms with van der Waals surface area (Å²) in [7, 11) is 0.